The first-order valence-corrected chi connectivity index (χ1v) is 6.56. The third kappa shape index (κ3) is 3.72. The molecule has 0 spiro atoms. The Kier molecular flexibility index (Phi) is 5.09. The van der Waals surface area contributed by atoms with Crippen molar-refractivity contribution in [1.82, 2.24) is 5.32 Å². The van der Waals surface area contributed by atoms with E-state index in [1.807, 2.05) is 0 Å². The highest BCUT2D eigenvalue weighted by molar-refractivity contribution is 7.84. The van der Waals surface area contributed by atoms with Crippen molar-refractivity contribution in [2.24, 2.45) is 0 Å². The molecule has 3 nitrogen and oxygen atoms in total. The first-order chi connectivity index (χ1) is 7.65. The first kappa shape index (κ1) is 12.8. The Balaban J connectivity index is 2.55. The zero-order chi connectivity index (χ0) is 12.0. The molecule has 16 heavy (non-hydrogen) atoms. The zero-order valence-corrected chi connectivity index (χ0v) is 9.81. The smallest absolute Gasteiger partial charge is 0.145 e. The topological polar surface area (TPSA) is 52.9 Å². The molecular weight excluding hydrogens is 227 g/mol. The SMILES string of the molecule is CS(=O)CCNCc1cccc(C#N)c1F. The van der Waals surface area contributed by atoms with E-state index in [9.17, 15) is 8.60 Å². The lowest BCUT2D eigenvalue weighted by molar-refractivity contribution is 0.590. The summed E-state index contributed by atoms with van der Waals surface area (Å²) in [5, 5.41) is 11.6. The number of halogens is 1. The van der Waals surface area contributed by atoms with Gasteiger partial charge in [-0.25, -0.2) is 4.39 Å². The van der Waals surface area contributed by atoms with Gasteiger partial charge in [0.25, 0.3) is 0 Å². The van der Waals surface area contributed by atoms with E-state index in [1.165, 1.54) is 6.07 Å². The molecular formula is C11H13FN2OS. The van der Waals surface area contributed by atoms with Crippen LogP contribution in [-0.2, 0) is 17.3 Å². The van der Waals surface area contributed by atoms with Gasteiger partial charge in [-0.1, -0.05) is 12.1 Å². The van der Waals surface area contributed by atoms with Gasteiger partial charge < -0.3 is 5.32 Å². The second-order valence-electron chi connectivity index (χ2n) is 3.34. The lowest BCUT2D eigenvalue weighted by Gasteiger charge is -2.05. The molecule has 0 fully saturated rings. The quantitative estimate of drug-likeness (QED) is 0.786. The maximum Gasteiger partial charge on any atom is 0.145 e. The van der Waals surface area contributed by atoms with Crippen molar-refractivity contribution in [1.29, 1.82) is 5.26 Å². The van der Waals surface area contributed by atoms with Gasteiger partial charge in [0.1, 0.15) is 11.9 Å². The minimum absolute atomic E-state index is 0.0540. The highest BCUT2D eigenvalue weighted by atomic mass is 32.2. The molecule has 5 heteroatoms. The summed E-state index contributed by atoms with van der Waals surface area (Å²) in [6, 6.07) is 6.52. The maximum atomic E-state index is 13.5. The predicted octanol–water partition coefficient (Wildman–Crippen LogP) is 1.17. The zero-order valence-electron chi connectivity index (χ0n) is 9.00. The molecule has 0 aromatic heterocycles. The van der Waals surface area contributed by atoms with Crippen molar-refractivity contribution in [3.63, 3.8) is 0 Å². The van der Waals surface area contributed by atoms with Crippen LogP contribution in [0.25, 0.3) is 0 Å². The number of nitrogens with zero attached hydrogens (tertiary/aromatic N) is 1. The standard InChI is InChI=1S/C11H13FN2OS/c1-16(15)6-5-14-8-10-4-2-3-9(7-13)11(10)12/h2-4,14H,5-6,8H2,1H3. The minimum atomic E-state index is -0.843. The van der Waals surface area contributed by atoms with Crippen LogP contribution in [0.2, 0.25) is 0 Å². The molecule has 0 bridgehead atoms. The Labute approximate surface area is 96.7 Å². The van der Waals surface area contributed by atoms with Gasteiger partial charge in [-0.3, -0.25) is 4.21 Å². The second kappa shape index (κ2) is 6.36. The predicted molar refractivity (Wildman–Crippen MR) is 61.8 cm³/mol. The van der Waals surface area contributed by atoms with Crippen LogP contribution >= 0.6 is 0 Å². The Morgan fingerprint density at radius 3 is 2.94 bits per heavy atom. The fraction of sp³-hybridized carbons (Fsp3) is 0.364. The molecule has 0 aliphatic heterocycles. The van der Waals surface area contributed by atoms with Gasteiger partial charge in [0, 0.05) is 41.5 Å². The Morgan fingerprint density at radius 2 is 2.31 bits per heavy atom. The van der Waals surface area contributed by atoms with Crippen molar-refractivity contribution in [2.45, 2.75) is 6.54 Å². The van der Waals surface area contributed by atoms with Gasteiger partial charge in [-0.05, 0) is 6.07 Å². The molecule has 0 aliphatic carbocycles. The van der Waals surface area contributed by atoms with Crippen LogP contribution in [0.3, 0.4) is 0 Å². The van der Waals surface area contributed by atoms with E-state index in [0.29, 0.717) is 24.4 Å². The monoisotopic (exact) mass is 240 g/mol. The summed E-state index contributed by atoms with van der Waals surface area (Å²) < 4.78 is 24.3. The highest BCUT2D eigenvalue weighted by Crippen LogP contribution is 2.11. The molecule has 1 atom stereocenters. The fourth-order valence-electron chi connectivity index (χ4n) is 1.24. The van der Waals surface area contributed by atoms with Crippen LogP contribution in [0.4, 0.5) is 4.39 Å². The van der Waals surface area contributed by atoms with Crippen LogP contribution in [0, 0.1) is 17.1 Å². The number of benzene rings is 1. The third-order valence-corrected chi connectivity index (χ3v) is 2.86. The van der Waals surface area contributed by atoms with Crippen LogP contribution in [0.5, 0.6) is 0 Å². The highest BCUT2D eigenvalue weighted by Gasteiger charge is 2.06. The number of hydrogen-bond donors (Lipinski definition) is 1. The summed E-state index contributed by atoms with van der Waals surface area (Å²) >= 11 is 0. The summed E-state index contributed by atoms with van der Waals surface area (Å²) in [6.45, 7) is 0.915. The number of nitrogens with one attached hydrogen (secondary N) is 1. The van der Waals surface area contributed by atoms with Crippen molar-refractivity contribution in [3.05, 3.63) is 35.1 Å². The Bertz CT molecular complexity index is 428. The second-order valence-corrected chi connectivity index (χ2v) is 4.90. The summed E-state index contributed by atoms with van der Waals surface area (Å²) in [4.78, 5) is 0. The fourth-order valence-corrected chi connectivity index (χ4v) is 1.67. The van der Waals surface area contributed by atoms with E-state index in [0.717, 1.165) is 0 Å². The van der Waals surface area contributed by atoms with Gasteiger partial charge in [-0.2, -0.15) is 5.26 Å². The number of hydrogen-bond acceptors (Lipinski definition) is 3. The first-order valence-electron chi connectivity index (χ1n) is 4.83. The lowest BCUT2D eigenvalue weighted by atomic mass is 10.1. The lowest BCUT2D eigenvalue weighted by Crippen LogP contribution is -2.20. The third-order valence-electron chi connectivity index (χ3n) is 2.08. The van der Waals surface area contributed by atoms with Crippen LogP contribution in [0.15, 0.2) is 18.2 Å². The normalized spacial score (nSPS) is 12.1. The van der Waals surface area contributed by atoms with E-state index in [-0.39, 0.29) is 5.56 Å². The van der Waals surface area contributed by atoms with E-state index in [1.54, 1.807) is 24.5 Å². The molecule has 0 radical (unpaired) electrons. The molecule has 1 aromatic rings. The van der Waals surface area contributed by atoms with E-state index in [4.69, 9.17) is 5.26 Å². The molecule has 1 aromatic carbocycles. The molecule has 0 saturated heterocycles. The average molecular weight is 240 g/mol. The molecule has 0 saturated carbocycles. The van der Waals surface area contributed by atoms with Crippen LogP contribution < -0.4 is 5.32 Å². The van der Waals surface area contributed by atoms with Crippen LogP contribution in [0.1, 0.15) is 11.1 Å². The number of rotatable bonds is 5. The molecule has 0 amide bonds. The maximum absolute atomic E-state index is 13.5. The summed E-state index contributed by atoms with van der Waals surface area (Å²) in [6.07, 6.45) is 1.62. The van der Waals surface area contributed by atoms with E-state index >= 15 is 0 Å². The van der Waals surface area contributed by atoms with E-state index in [2.05, 4.69) is 5.32 Å². The molecule has 0 aliphatic rings. The van der Waals surface area contributed by atoms with Gasteiger partial charge >= 0.3 is 0 Å². The van der Waals surface area contributed by atoms with Crippen LogP contribution in [-0.4, -0.2) is 22.8 Å². The van der Waals surface area contributed by atoms with Gasteiger partial charge in [0.2, 0.25) is 0 Å². The van der Waals surface area contributed by atoms with Gasteiger partial charge in [0.15, 0.2) is 0 Å². The van der Waals surface area contributed by atoms with Crippen molar-refractivity contribution in [3.8, 4) is 6.07 Å². The summed E-state index contributed by atoms with van der Waals surface area (Å²) in [7, 11) is -0.843. The molecule has 1 rings (SSSR count). The van der Waals surface area contributed by atoms with Crippen molar-refractivity contribution in [2.75, 3.05) is 18.6 Å². The van der Waals surface area contributed by atoms with E-state index < -0.39 is 16.6 Å². The molecule has 86 valence electrons. The molecule has 1 unspecified atom stereocenters. The van der Waals surface area contributed by atoms with Crippen molar-refractivity contribution < 1.29 is 8.60 Å². The van der Waals surface area contributed by atoms with Crippen molar-refractivity contribution >= 4 is 10.8 Å². The van der Waals surface area contributed by atoms with Gasteiger partial charge in [-0.15, -0.1) is 0 Å². The average Bonchev–Trinajstić information content (AvgIpc) is 2.26. The minimum Gasteiger partial charge on any atom is -0.312 e. The largest absolute Gasteiger partial charge is 0.312 e. The summed E-state index contributed by atoms with van der Waals surface area (Å²) in [5.74, 6) is 0.0645. The molecule has 0 heterocycles. The summed E-state index contributed by atoms with van der Waals surface area (Å²) in [5.41, 5.74) is 0.513. The Hall–Kier alpha value is -1.25. The number of nitriles is 1. The van der Waals surface area contributed by atoms with Gasteiger partial charge in [0.05, 0.1) is 5.56 Å². The molecule has 1 N–H and O–H groups in total. The Morgan fingerprint density at radius 1 is 1.56 bits per heavy atom.